The van der Waals surface area contributed by atoms with Crippen LogP contribution in [0.15, 0.2) is 42.5 Å². The van der Waals surface area contributed by atoms with Crippen molar-refractivity contribution in [2.75, 3.05) is 13.7 Å². The van der Waals surface area contributed by atoms with Gasteiger partial charge in [-0.3, -0.25) is 9.11 Å². The molecule has 5 atom stereocenters. The molecule has 12 nitrogen and oxygen atoms in total. The van der Waals surface area contributed by atoms with Crippen molar-refractivity contribution in [3.63, 3.8) is 0 Å². The van der Waals surface area contributed by atoms with Crippen molar-refractivity contribution in [2.24, 2.45) is 0 Å². The third kappa shape index (κ3) is 7.90. The zero-order valence-corrected chi connectivity index (χ0v) is 21.3. The topological polar surface area (TPSA) is 175 Å². The average molecular weight is 517 g/mol. The normalized spacial score (nSPS) is 26.1. The van der Waals surface area contributed by atoms with Gasteiger partial charge in [0.1, 0.15) is 18.3 Å². The quantitative estimate of drug-likeness (QED) is 0.235. The summed E-state index contributed by atoms with van der Waals surface area (Å²) in [5.41, 5.74) is 0.626. The minimum atomic E-state index is -5.08. The number of hydrogen-bond donors (Lipinski definition) is 3. The van der Waals surface area contributed by atoms with Crippen LogP contribution in [0.4, 0.5) is 0 Å². The van der Waals surface area contributed by atoms with Crippen LogP contribution in [0, 0.1) is 0 Å². The Kier molecular flexibility index (Phi) is 10.2. The molecule has 2 aromatic rings. The Balaban J connectivity index is 0.00000385. The maximum atomic E-state index is 11.4. The molecule has 0 radical (unpaired) electrons. The van der Waals surface area contributed by atoms with Crippen LogP contribution < -0.4 is 29.6 Å². The maximum Gasteiger partial charge on any atom is 1.00 e. The molecule has 3 N–H and O–H groups in total. The number of benzene rings is 2. The Hall–Kier alpha value is -0.720. The SMILES string of the molecule is CO[C@H]1O[C@H](CO)[C@@H](OS(=O)(=O)O)[C@H](OCc2ccc3ccccc3c2)[C@@H]1OS(=O)(=O)O.[Na+]. The molecule has 33 heavy (non-hydrogen) atoms. The number of ether oxygens (including phenoxy) is 3. The number of fused-ring (bicyclic) bond motifs is 1. The molecule has 0 aromatic heterocycles. The van der Waals surface area contributed by atoms with Gasteiger partial charge in [0.15, 0.2) is 12.4 Å². The number of aliphatic hydroxyl groups is 1. The minimum Gasteiger partial charge on any atom is -0.394 e. The summed E-state index contributed by atoms with van der Waals surface area (Å²) in [4.78, 5) is 0. The minimum absolute atomic E-state index is 0. The van der Waals surface area contributed by atoms with Crippen LogP contribution in [-0.2, 0) is 50.0 Å². The third-order valence-electron chi connectivity index (χ3n) is 4.73. The van der Waals surface area contributed by atoms with Gasteiger partial charge in [0, 0.05) is 7.11 Å². The second kappa shape index (κ2) is 11.8. The van der Waals surface area contributed by atoms with E-state index in [1.807, 2.05) is 30.3 Å². The maximum absolute atomic E-state index is 11.4. The zero-order valence-electron chi connectivity index (χ0n) is 17.7. The Labute approximate surface area is 212 Å². The first-order chi connectivity index (χ1) is 15.0. The summed E-state index contributed by atoms with van der Waals surface area (Å²) < 4.78 is 89.1. The van der Waals surface area contributed by atoms with E-state index in [2.05, 4.69) is 8.37 Å². The fraction of sp³-hybridized carbons (Fsp3) is 0.444. The molecule has 0 amide bonds. The second-order valence-corrected chi connectivity index (χ2v) is 8.99. The van der Waals surface area contributed by atoms with Gasteiger partial charge < -0.3 is 19.3 Å². The second-order valence-electron chi connectivity index (χ2n) is 6.90. The van der Waals surface area contributed by atoms with Gasteiger partial charge in [0.25, 0.3) is 0 Å². The van der Waals surface area contributed by atoms with E-state index in [-0.39, 0.29) is 36.2 Å². The van der Waals surface area contributed by atoms with E-state index >= 15 is 0 Å². The summed E-state index contributed by atoms with van der Waals surface area (Å²) in [6.45, 7) is -0.977. The van der Waals surface area contributed by atoms with Crippen LogP contribution in [0.2, 0.25) is 0 Å². The van der Waals surface area contributed by atoms with E-state index in [1.54, 1.807) is 12.1 Å². The zero-order chi connectivity index (χ0) is 23.5. The molecule has 0 unspecified atom stereocenters. The number of hydrogen-bond acceptors (Lipinski definition) is 10. The number of methoxy groups -OCH3 is 1. The number of rotatable bonds is 9. The van der Waals surface area contributed by atoms with Crippen LogP contribution >= 0.6 is 0 Å². The van der Waals surface area contributed by atoms with Crippen molar-refractivity contribution in [1.82, 2.24) is 0 Å². The van der Waals surface area contributed by atoms with Crippen LogP contribution in [0.5, 0.6) is 0 Å². The van der Waals surface area contributed by atoms with Crippen molar-refractivity contribution in [1.29, 1.82) is 0 Å². The molecule has 0 saturated carbocycles. The monoisotopic (exact) mass is 517 g/mol. The molecule has 3 rings (SSSR count). The predicted octanol–water partition coefficient (Wildman–Crippen LogP) is -2.53. The van der Waals surface area contributed by atoms with Gasteiger partial charge in [-0.2, -0.15) is 16.8 Å². The smallest absolute Gasteiger partial charge is 0.394 e. The van der Waals surface area contributed by atoms with Crippen molar-refractivity contribution in [2.45, 2.75) is 37.3 Å². The summed E-state index contributed by atoms with van der Waals surface area (Å²) in [5.74, 6) is 0. The molecule has 1 saturated heterocycles. The molecule has 178 valence electrons. The van der Waals surface area contributed by atoms with Crippen molar-refractivity contribution in [3.8, 4) is 0 Å². The van der Waals surface area contributed by atoms with E-state index < -0.39 is 58.1 Å². The molecule has 0 bridgehead atoms. The average Bonchev–Trinajstić information content (AvgIpc) is 2.71. The first-order valence-corrected chi connectivity index (χ1v) is 11.9. The first-order valence-electron chi connectivity index (χ1n) is 9.20. The Morgan fingerprint density at radius 1 is 0.909 bits per heavy atom. The van der Waals surface area contributed by atoms with Gasteiger partial charge in [-0.05, 0) is 22.4 Å². The Morgan fingerprint density at radius 2 is 1.52 bits per heavy atom. The van der Waals surface area contributed by atoms with E-state index in [1.165, 1.54) is 0 Å². The Morgan fingerprint density at radius 3 is 2.09 bits per heavy atom. The van der Waals surface area contributed by atoms with Crippen LogP contribution in [0.3, 0.4) is 0 Å². The Bertz CT molecular complexity index is 1090. The van der Waals surface area contributed by atoms with E-state index in [0.717, 1.165) is 17.9 Å². The standard InChI is InChI=1S/C18H22O12S2.Na/c1-26-18-17(30-32(23,24)25)16(15(14(9-19)28-18)29-31(20,21)22)27-10-11-6-7-12-4-2-3-5-13(12)8-11;/h2-8,14-19H,9-10H2,1H3,(H,20,21,22)(H,23,24,25);/q;+1/t14-,15-,16+,17+,18+;/m1./s1. The predicted molar refractivity (Wildman–Crippen MR) is 108 cm³/mol. The summed E-state index contributed by atoms with van der Waals surface area (Å²) in [5, 5.41) is 11.5. The molecule has 0 aliphatic carbocycles. The van der Waals surface area contributed by atoms with Crippen LogP contribution in [0.25, 0.3) is 10.8 Å². The molecule has 15 heteroatoms. The summed E-state index contributed by atoms with van der Waals surface area (Å²) >= 11 is 0. The largest absolute Gasteiger partial charge is 1.00 e. The third-order valence-corrected chi connectivity index (χ3v) is 5.66. The summed E-state index contributed by atoms with van der Waals surface area (Å²) in [7, 11) is -9.03. The fourth-order valence-electron chi connectivity index (χ4n) is 3.43. The molecule has 1 heterocycles. The van der Waals surface area contributed by atoms with E-state index in [4.69, 9.17) is 18.8 Å². The van der Waals surface area contributed by atoms with Gasteiger partial charge in [-0.15, -0.1) is 0 Å². The molecule has 0 spiro atoms. The van der Waals surface area contributed by atoms with Crippen LogP contribution in [0.1, 0.15) is 5.56 Å². The van der Waals surface area contributed by atoms with E-state index in [9.17, 15) is 26.5 Å². The van der Waals surface area contributed by atoms with Gasteiger partial charge in [-0.1, -0.05) is 36.4 Å². The summed E-state index contributed by atoms with van der Waals surface area (Å²) in [6.07, 6.45) is -7.98. The van der Waals surface area contributed by atoms with Gasteiger partial charge in [-0.25, -0.2) is 8.37 Å². The molecule has 1 aliphatic rings. The van der Waals surface area contributed by atoms with Crippen molar-refractivity contribution >= 4 is 31.6 Å². The van der Waals surface area contributed by atoms with Gasteiger partial charge in [0.2, 0.25) is 0 Å². The molecule has 2 aromatic carbocycles. The molecule has 1 aliphatic heterocycles. The first kappa shape index (κ1) is 28.5. The molecular formula is C18H22NaO12S2+. The molecular weight excluding hydrogens is 495 g/mol. The van der Waals surface area contributed by atoms with E-state index in [0.29, 0.717) is 5.56 Å². The van der Waals surface area contributed by atoms with Crippen LogP contribution in [-0.4, -0.2) is 75.5 Å². The van der Waals surface area contributed by atoms with Gasteiger partial charge >= 0.3 is 50.4 Å². The van der Waals surface area contributed by atoms with Gasteiger partial charge in [0.05, 0.1) is 13.2 Å². The number of aliphatic hydroxyl groups excluding tert-OH is 1. The van der Waals surface area contributed by atoms with Crippen molar-refractivity contribution < 1.29 is 83.2 Å². The van der Waals surface area contributed by atoms with Crippen molar-refractivity contribution in [3.05, 3.63) is 48.0 Å². The molecule has 1 fully saturated rings. The summed E-state index contributed by atoms with van der Waals surface area (Å²) in [6, 6.07) is 12.8. The fourth-order valence-corrected chi connectivity index (χ4v) is 4.42.